The van der Waals surface area contributed by atoms with Crippen LogP contribution in [0.4, 0.5) is 4.79 Å². The van der Waals surface area contributed by atoms with Crippen molar-refractivity contribution < 1.29 is 27.5 Å². The summed E-state index contributed by atoms with van der Waals surface area (Å²) in [5.41, 5.74) is 0. The summed E-state index contributed by atoms with van der Waals surface area (Å²) in [6.07, 6.45) is 2.05. The first-order chi connectivity index (χ1) is 11.6. The number of hydrogen-bond donors (Lipinski definition) is 1. The van der Waals surface area contributed by atoms with Gasteiger partial charge in [0, 0.05) is 26.4 Å². The minimum absolute atomic E-state index is 0.320. The number of ether oxygens (including phenoxy) is 2. The van der Waals surface area contributed by atoms with Gasteiger partial charge in [0.1, 0.15) is 0 Å². The highest BCUT2D eigenvalue weighted by molar-refractivity contribution is 6.36. The van der Waals surface area contributed by atoms with Gasteiger partial charge in [-0.25, -0.2) is 4.79 Å². The molecule has 0 spiro atoms. The summed E-state index contributed by atoms with van der Waals surface area (Å²) in [6, 6.07) is 0. The summed E-state index contributed by atoms with van der Waals surface area (Å²) in [5, 5.41) is 2.57. The normalized spacial score (nSPS) is 9.12. The van der Waals surface area contributed by atoms with Gasteiger partial charge in [-0.1, -0.05) is 13.5 Å². The van der Waals surface area contributed by atoms with E-state index >= 15 is 0 Å². The van der Waals surface area contributed by atoms with Crippen LogP contribution < -0.4 is 5.32 Å². The molecule has 0 bridgehead atoms. The average molecular weight is 368 g/mol. The van der Waals surface area contributed by atoms with Crippen molar-refractivity contribution in [2.45, 2.75) is 48.0 Å². The zero-order valence-corrected chi connectivity index (χ0v) is 17.4. The lowest BCUT2D eigenvalue weighted by molar-refractivity contribution is 0.107. The van der Waals surface area contributed by atoms with Gasteiger partial charge in [-0.2, -0.15) is 0 Å². The Morgan fingerprint density at radius 3 is 1.67 bits per heavy atom. The second kappa shape index (κ2) is 26.8. The molecule has 0 aliphatic heterocycles. The smallest absolute Gasteiger partial charge is 0.484 e. The molecule has 0 aromatic carbocycles. The highest BCUT2D eigenvalue weighted by Gasteiger charge is 2.11. The average Bonchev–Trinajstić information content (AvgIpc) is 2.56. The van der Waals surface area contributed by atoms with E-state index in [0.29, 0.717) is 33.0 Å². The molecule has 0 unspecified atom stereocenters. The van der Waals surface area contributed by atoms with Crippen LogP contribution in [0.5, 0.6) is 0 Å². The summed E-state index contributed by atoms with van der Waals surface area (Å²) in [5.74, 6) is 0. The van der Waals surface area contributed by atoms with Gasteiger partial charge in [-0.05, 0) is 41.0 Å². The molecule has 0 rings (SSSR count). The van der Waals surface area contributed by atoms with E-state index in [4.69, 9.17) is 13.3 Å². The van der Waals surface area contributed by atoms with E-state index in [2.05, 4.69) is 21.4 Å². The fraction of sp³-hybridized carbons (Fsp3) is 0.812. The van der Waals surface area contributed by atoms with Crippen molar-refractivity contribution in [3.05, 3.63) is 12.8 Å². The van der Waals surface area contributed by atoms with E-state index in [1.54, 1.807) is 6.92 Å². The number of rotatable bonds is 11. The van der Waals surface area contributed by atoms with Crippen LogP contribution in [0.2, 0.25) is 0 Å². The van der Waals surface area contributed by atoms with Crippen molar-refractivity contribution in [1.29, 1.82) is 0 Å². The van der Waals surface area contributed by atoms with Crippen LogP contribution in [0.1, 0.15) is 48.0 Å². The number of carbonyl (C=O) groups is 1. The zero-order chi connectivity index (χ0) is 19.1. The van der Waals surface area contributed by atoms with Crippen LogP contribution in [-0.4, -0.2) is 55.2 Å². The molecule has 8 heteroatoms. The Balaban J connectivity index is -0.000000291. The lowest BCUT2D eigenvalue weighted by Gasteiger charge is -2.12. The fourth-order valence-electron chi connectivity index (χ4n) is 1.08. The predicted molar refractivity (Wildman–Crippen MR) is 99.2 cm³/mol. The zero-order valence-electron chi connectivity index (χ0n) is 16.3. The lowest BCUT2D eigenvalue weighted by atomic mass is 10.5. The maximum atomic E-state index is 10.5. The van der Waals surface area contributed by atoms with Crippen LogP contribution in [0.3, 0.4) is 0 Å². The molecule has 146 valence electrons. The van der Waals surface area contributed by atoms with Crippen LogP contribution >= 0.6 is 0 Å². The predicted octanol–water partition coefficient (Wildman–Crippen LogP) is 3.12. The molecule has 0 aliphatic rings. The van der Waals surface area contributed by atoms with E-state index in [9.17, 15) is 4.79 Å². The third kappa shape index (κ3) is 29.0. The SMILES string of the molecule is C=COCC.CCCNC(=O)OCC.CCO[SiH](OCC)OCC. The Morgan fingerprint density at radius 1 is 0.917 bits per heavy atom. The molecule has 7 nitrogen and oxygen atoms in total. The standard InChI is InChI=1S/C6H13NO2.C6H16O3Si.C4H8O/c1-3-5-7-6(8)9-4-2;1-4-7-10(8-5-2)9-6-3;1-3-5-4-2/h3-5H2,1-2H3,(H,7,8);10H,4-6H2,1-3H3;3H,1,4H2,2H3. The molecular formula is C16H37NO6Si. The van der Waals surface area contributed by atoms with Crippen molar-refractivity contribution in [3.63, 3.8) is 0 Å². The van der Waals surface area contributed by atoms with Crippen molar-refractivity contribution in [1.82, 2.24) is 5.32 Å². The van der Waals surface area contributed by atoms with Crippen LogP contribution in [0.15, 0.2) is 12.8 Å². The highest BCUT2D eigenvalue weighted by Crippen LogP contribution is 1.91. The topological polar surface area (TPSA) is 75.3 Å². The van der Waals surface area contributed by atoms with E-state index in [0.717, 1.165) is 13.0 Å². The Kier molecular flexibility index (Phi) is 31.0. The van der Waals surface area contributed by atoms with E-state index in [-0.39, 0.29) is 6.09 Å². The van der Waals surface area contributed by atoms with Gasteiger partial charge in [0.05, 0.1) is 19.5 Å². The number of nitrogens with one attached hydrogen (secondary N) is 1. The first-order valence-electron chi connectivity index (χ1n) is 8.55. The Labute approximate surface area is 149 Å². The van der Waals surface area contributed by atoms with E-state index < -0.39 is 9.53 Å². The van der Waals surface area contributed by atoms with Crippen LogP contribution in [0, 0.1) is 0 Å². The second-order valence-electron chi connectivity index (χ2n) is 3.92. The van der Waals surface area contributed by atoms with Gasteiger partial charge >= 0.3 is 15.6 Å². The summed E-state index contributed by atoms with van der Waals surface area (Å²) in [6.45, 7) is 18.7. The molecule has 0 aromatic rings. The van der Waals surface area contributed by atoms with Crippen molar-refractivity contribution in [2.24, 2.45) is 0 Å². The van der Waals surface area contributed by atoms with Crippen molar-refractivity contribution in [3.8, 4) is 0 Å². The molecular weight excluding hydrogens is 330 g/mol. The minimum atomic E-state index is -1.73. The molecule has 1 N–H and O–H groups in total. The second-order valence-corrected chi connectivity index (χ2v) is 5.50. The lowest BCUT2D eigenvalue weighted by Crippen LogP contribution is -2.27. The van der Waals surface area contributed by atoms with Gasteiger partial charge in [-0.3, -0.25) is 0 Å². The summed E-state index contributed by atoms with van der Waals surface area (Å²) in [4.78, 5) is 10.5. The quantitative estimate of drug-likeness (QED) is 0.447. The van der Waals surface area contributed by atoms with Crippen molar-refractivity contribution in [2.75, 3.05) is 39.6 Å². The molecule has 1 amide bonds. The molecule has 0 saturated carbocycles. The molecule has 24 heavy (non-hydrogen) atoms. The Hall–Kier alpha value is -1.09. The van der Waals surface area contributed by atoms with Gasteiger partial charge in [-0.15, -0.1) is 0 Å². The Morgan fingerprint density at radius 2 is 1.42 bits per heavy atom. The number of amides is 1. The van der Waals surface area contributed by atoms with E-state index in [1.807, 2.05) is 34.6 Å². The largest absolute Gasteiger partial charge is 0.502 e. The summed E-state index contributed by atoms with van der Waals surface area (Å²) >= 11 is 0. The number of carbonyl (C=O) groups excluding carboxylic acids is 1. The van der Waals surface area contributed by atoms with E-state index in [1.165, 1.54) is 6.26 Å². The maximum Gasteiger partial charge on any atom is 0.484 e. The molecule has 0 fully saturated rings. The third-order valence-corrected chi connectivity index (χ3v) is 3.80. The molecule has 0 aromatic heterocycles. The van der Waals surface area contributed by atoms with Gasteiger partial charge in [0.25, 0.3) is 0 Å². The van der Waals surface area contributed by atoms with Crippen molar-refractivity contribution >= 4 is 15.6 Å². The summed E-state index contributed by atoms with van der Waals surface area (Å²) in [7, 11) is -1.73. The molecule has 0 atom stereocenters. The molecule has 0 aliphatic carbocycles. The maximum absolute atomic E-state index is 10.5. The minimum Gasteiger partial charge on any atom is -0.502 e. The molecule has 0 radical (unpaired) electrons. The van der Waals surface area contributed by atoms with Gasteiger partial charge < -0.3 is 28.1 Å². The highest BCUT2D eigenvalue weighted by atomic mass is 28.3. The first-order valence-corrected chi connectivity index (χ1v) is 9.96. The summed E-state index contributed by atoms with van der Waals surface area (Å²) < 4.78 is 24.8. The van der Waals surface area contributed by atoms with Crippen LogP contribution in [-0.2, 0) is 22.8 Å². The molecule has 0 saturated heterocycles. The number of alkyl carbamates (subject to hydrolysis) is 1. The van der Waals surface area contributed by atoms with Gasteiger partial charge in [0.15, 0.2) is 0 Å². The third-order valence-electron chi connectivity index (χ3n) is 1.99. The van der Waals surface area contributed by atoms with Crippen LogP contribution in [0.25, 0.3) is 0 Å². The monoisotopic (exact) mass is 367 g/mol. The number of hydrogen-bond acceptors (Lipinski definition) is 6. The fourth-order valence-corrected chi connectivity index (χ4v) is 2.18. The van der Waals surface area contributed by atoms with Gasteiger partial charge in [0.2, 0.25) is 0 Å². The first kappa shape index (κ1) is 27.7. The molecule has 0 heterocycles. The Bertz CT molecular complexity index is 242.